The van der Waals surface area contributed by atoms with Crippen molar-refractivity contribution in [2.75, 3.05) is 0 Å². The second-order valence-electron chi connectivity index (χ2n) is 6.97. The molecule has 1 unspecified atom stereocenters. The molecule has 5 rings (SSSR count). The minimum absolute atomic E-state index is 0.0365. The first kappa shape index (κ1) is 16.4. The number of nitrogens with zero attached hydrogens (tertiary/aromatic N) is 1. The van der Waals surface area contributed by atoms with Crippen LogP contribution in [0.15, 0.2) is 66.7 Å². The Balaban J connectivity index is 1.41. The fraction of sp³-hybridized carbons (Fsp3) is 0.0870. The van der Waals surface area contributed by atoms with Crippen molar-refractivity contribution in [1.82, 2.24) is 15.3 Å². The van der Waals surface area contributed by atoms with Gasteiger partial charge in [-0.3, -0.25) is 9.59 Å². The first-order valence-electron chi connectivity index (χ1n) is 9.15. The lowest BCUT2D eigenvalue weighted by Crippen LogP contribution is -2.27. The van der Waals surface area contributed by atoms with E-state index in [9.17, 15) is 9.59 Å². The lowest BCUT2D eigenvalue weighted by atomic mass is 10.0. The highest BCUT2D eigenvalue weighted by Gasteiger charge is 2.27. The van der Waals surface area contributed by atoms with Crippen molar-refractivity contribution < 1.29 is 9.59 Å². The lowest BCUT2D eigenvalue weighted by molar-refractivity contribution is 0.0938. The minimum atomic E-state index is -0.291. The third kappa shape index (κ3) is 2.52. The molecule has 0 saturated heterocycles. The van der Waals surface area contributed by atoms with Gasteiger partial charge in [-0.25, -0.2) is 4.98 Å². The van der Waals surface area contributed by atoms with E-state index in [2.05, 4.69) is 15.3 Å². The molecule has 1 aromatic heterocycles. The maximum absolute atomic E-state index is 12.8. The summed E-state index contributed by atoms with van der Waals surface area (Å²) < 4.78 is 0. The van der Waals surface area contributed by atoms with Gasteiger partial charge < -0.3 is 10.3 Å². The summed E-state index contributed by atoms with van der Waals surface area (Å²) in [4.78, 5) is 33.2. The van der Waals surface area contributed by atoms with Gasteiger partial charge in [0.25, 0.3) is 5.91 Å². The van der Waals surface area contributed by atoms with Crippen LogP contribution in [0, 0.1) is 0 Å². The molecule has 1 atom stereocenters. The number of fused-ring (bicyclic) bond motifs is 4. The van der Waals surface area contributed by atoms with Gasteiger partial charge in [-0.1, -0.05) is 42.5 Å². The van der Waals surface area contributed by atoms with Crippen molar-refractivity contribution in [1.29, 1.82) is 0 Å². The van der Waals surface area contributed by atoms with Gasteiger partial charge in [0, 0.05) is 16.7 Å². The summed E-state index contributed by atoms with van der Waals surface area (Å²) in [5.41, 5.74) is 5.31. The second kappa shape index (κ2) is 6.16. The molecule has 1 amide bonds. The number of nitrogens with one attached hydrogen (secondary N) is 2. The van der Waals surface area contributed by atoms with Crippen LogP contribution in [0.3, 0.4) is 0 Å². The number of para-hydroxylation sites is 2. The van der Waals surface area contributed by atoms with Crippen LogP contribution >= 0.6 is 0 Å². The molecular formula is C23H17N3O2. The van der Waals surface area contributed by atoms with Crippen LogP contribution in [0.5, 0.6) is 0 Å². The third-order valence-corrected chi connectivity index (χ3v) is 5.15. The molecule has 0 bridgehead atoms. The standard InChI is InChI=1S/C23H17N3O2/c1-13(22-25-19-8-4-5-9-20(19)26-22)24-23(28)14-10-11-16-15-6-2-3-7-17(15)21(27)18(16)12-14/h2-13H,1H3,(H,24,28)(H,25,26). The first-order chi connectivity index (χ1) is 13.6. The first-order valence-corrected chi connectivity index (χ1v) is 9.15. The molecular weight excluding hydrogens is 350 g/mol. The van der Waals surface area contributed by atoms with Crippen molar-refractivity contribution in [3.8, 4) is 11.1 Å². The van der Waals surface area contributed by atoms with E-state index in [4.69, 9.17) is 0 Å². The van der Waals surface area contributed by atoms with Crippen LogP contribution in [0.2, 0.25) is 0 Å². The molecule has 136 valence electrons. The van der Waals surface area contributed by atoms with Crippen LogP contribution in [0.4, 0.5) is 0 Å². The van der Waals surface area contributed by atoms with Gasteiger partial charge in [-0.2, -0.15) is 0 Å². The van der Waals surface area contributed by atoms with Gasteiger partial charge in [0.05, 0.1) is 17.1 Å². The Labute approximate surface area is 161 Å². The normalized spacial score (nSPS) is 13.2. The summed E-state index contributed by atoms with van der Waals surface area (Å²) in [6.45, 7) is 1.88. The monoisotopic (exact) mass is 367 g/mol. The summed E-state index contributed by atoms with van der Waals surface area (Å²) in [7, 11) is 0. The summed E-state index contributed by atoms with van der Waals surface area (Å²) in [5, 5.41) is 2.96. The molecule has 0 aliphatic heterocycles. The third-order valence-electron chi connectivity index (χ3n) is 5.15. The number of aromatic nitrogens is 2. The van der Waals surface area contributed by atoms with Crippen molar-refractivity contribution in [3.63, 3.8) is 0 Å². The summed E-state index contributed by atoms with van der Waals surface area (Å²) in [6.07, 6.45) is 0. The number of rotatable bonds is 3. The zero-order chi connectivity index (χ0) is 19.3. The summed E-state index contributed by atoms with van der Waals surface area (Å²) in [5.74, 6) is 0.421. The zero-order valence-electron chi connectivity index (χ0n) is 15.2. The minimum Gasteiger partial charge on any atom is -0.342 e. The van der Waals surface area contributed by atoms with Gasteiger partial charge in [-0.05, 0) is 42.3 Å². The Morgan fingerprint density at radius 2 is 1.64 bits per heavy atom. The van der Waals surface area contributed by atoms with E-state index in [0.717, 1.165) is 22.2 Å². The van der Waals surface area contributed by atoms with Crippen LogP contribution in [0.1, 0.15) is 45.1 Å². The Hall–Kier alpha value is -3.73. The van der Waals surface area contributed by atoms with Gasteiger partial charge >= 0.3 is 0 Å². The average molecular weight is 367 g/mol. The number of benzene rings is 3. The molecule has 28 heavy (non-hydrogen) atoms. The molecule has 5 nitrogen and oxygen atoms in total. The Morgan fingerprint density at radius 1 is 0.929 bits per heavy atom. The van der Waals surface area contributed by atoms with Gasteiger partial charge in [0.15, 0.2) is 5.78 Å². The topological polar surface area (TPSA) is 74.8 Å². The van der Waals surface area contributed by atoms with Crippen molar-refractivity contribution in [2.24, 2.45) is 0 Å². The molecule has 5 heteroatoms. The quantitative estimate of drug-likeness (QED) is 0.500. The second-order valence-corrected chi connectivity index (χ2v) is 6.97. The highest BCUT2D eigenvalue weighted by atomic mass is 16.1. The molecule has 4 aromatic rings. The number of hydrogen-bond acceptors (Lipinski definition) is 3. The van der Waals surface area contributed by atoms with Crippen molar-refractivity contribution in [3.05, 3.63) is 89.2 Å². The smallest absolute Gasteiger partial charge is 0.251 e. The van der Waals surface area contributed by atoms with Crippen LogP contribution in [0.25, 0.3) is 22.2 Å². The average Bonchev–Trinajstić information content (AvgIpc) is 3.28. The number of imidazole rings is 1. The number of carbonyl (C=O) groups is 2. The van der Waals surface area contributed by atoms with Crippen LogP contribution in [-0.4, -0.2) is 21.7 Å². The maximum atomic E-state index is 12.8. The van der Waals surface area contributed by atoms with Gasteiger partial charge in [0.2, 0.25) is 0 Å². The van der Waals surface area contributed by atoms with E-state index >= 15 is 0 Å². The van der Waals surface area contributed by atoms with Crippen LogP contribution < -0.4 is 5.32 Å². The van der Waals surface area contributed by atoms with Gasteiger partial charge in [0.1, 0.15) is 5.82 Å². The van der Waals surface area contributed by atoms with E-state index < -0.39 is 0 Å². The van der Waals surface area contributed by atoms with Gasteiger partial charge in [-0.15, -0.1) is 0 Å². The van der Waals surface area contributed by atoms with Crippen molar-refractivity contribution >= 4 is 22.7 Å². The Kier molecular flexibility index (Phi) is 3.62. The molecule has 1 aliphatic rings. The van der Waals surface area contributed by atoms with E-state index in [-0.39, 0.29) is 17.7 Å². The van der Waals surface area contributed by atoms with E-state index in [0.29, 0.717) is 22.5 Å². The van der Waals surface area contributed by atoms with Crippen LogP contribution in [-0.2, 0) is 0 Å². The molecule has 3 aromatic carbocycles. The zero-order valence-corrected chi connectivity index (χ0v) is 15.2. The number of H-pyrrole nitrogens is 1. The largest absolute Gasteiger partial charge is 0.342 e. The molecule has 0 fully saturated rings. The molecule has 0 spiro atoms. The molecule has 1 heterocycles. The Morgan fingerprint density at radius 3 is 2.46 bits per heavy atom. The summed E-state index contributed by atoms with van der Waals surface area (Å²) >= 11 is 0. The van der Waals surface area contributed by atoms with E-state index in [1.807, 2.05) is 61.5 Å². The molecule has 0 radical (unpaired) electrons. The van der Waals surface area contributed by atoms with E-state index in [1.54, 1.807) is 12.1 Å². The lowest BCUT2D eigenvalue weighted by Gasteiger charge is -2.12. The highest BCUT2D eigenvalue weighted by molar-refractivity contribution is 6.22. The number of hydrogen-bond donors (Lipinski definition) is 2. The number of amides is 1. The van der Waals surface area contributed by atoms with Crippen molar-refractivity contribution in [2.45, 2.75) is 13.0 Å². The number of aromatic amines is 1. The highest BCUT2D eigenvalue weighted by Crippen LogP contribution is 2.36. The molecule has 2 N–H and O–H groups in total. The maximum Gasteiger partial charge on any atom is 0.251 e. The van der Waals surface area contributed by atoms with E-state index in [1.165, 1.54) is 0 Å². The fourth-order valence-electron chi connectivity index (χ4n) is 3.70. The predicted molar refractivity (Wildman–Crippen MR) is 107 cm³/mol. The molecule has 0 saturated carbocycles. The SMILES string of the molecule is CC(NC(=O)c1ccc2c(c1)C(=O)c1ccccc1-2)c1nc2ccccc2[nH]1. The fourth-order valence-corrected chi connectivity index (χ4v) is 3.70. The predicted octanol–water partition coefficient (Wildman–Crippen LogP) is 4.27. The molecule has 1 aliphatic carbocycles. The Bertz CT molecular complexity index is 1220. The number of carbonyl (C=O) groups excluding carboxylic acids is 2. The summed E-state index contributed by atoms with van der Waals surface area (Å²) in [6, 6.07) is 20.3. The number of ketones is 1.